The van der Waals surface area contributed by atoms with Crippen molar-refractivity contribution < 1.29 is 14.6 Å². The standard InChI is InChI=1S/C13H11ClN2O3/c14-10-1-3-11(4-2-10)19-6-5-12-15-7-9(8-16-12)13(17)18/h1-4,7-8H,5-6H2,(H,17,18). The number of ether oxygens (including phenoxy) is 1. The Morgan fingerprint density at radius 1 is 1.21 bits per heavy atom. The van der Waals surface area contributed by atoms with Crippen molar-refractivity contribution in [3.8, 4) is 5.75 Å². The number of benzene rings is 1. The predicted molar refractivity (Wildman–Crippen MR) is 69.6 cm³/mol. The van der Waals surface area contributed by atoms with Gasteiger partial charge in [-0.2, -0.15) is 0 Å². The van der Waals surface area contributed by atoms with E-state index in [9.17, 15) is 4.79 Å². The molecule has 0 aliphatic heterocycles. The topological polar surface area (TPSA) is 72.3 Å². The fourth-order valence-electron chi connectivity index (χ4n) is 1.39. The zero-order valence-corrected chi connectivity index (χ0v) is 10.7. The summed E-state index contributed by atoms with van der Waals surface area (Å²) in [5, 5.41) is 9.36. The number of carboxylic acid groups (broad SMARTS) is 1. The largest absolute Gasteiger partial charge is 0.493 e. The highest BCUT2D eigenvalue weighted by Gasteiger charge is 2.04. The van der Waals surface area contributed by atoms with E-state index in [1.165, 1.54) is 12.4 Å². The third-order valence-corrected chi connectivity index (χ3v) is 2.61. The van der Waals surface area contributed by atoms with E-state index in [2.05, 4.69) is 9.97 Å². The van der Waals surface area contributed by atoms with Crippen molar-refractivity contribution in [3.63, 3.8) is 0 Å². The van der Waals surface area contributed by atoms with Gasteiger partial charge in [0.15, 0.2) is 0 Å². The Labute approximate surface area is 114 Å². The molecule has 0 radical (unpaired) electrons. The van der Waals surface area contributed by atoms with Crippen LogP contribution in [0, 0.1) is 0 Å². The number of carbonyl (C=O) groups is 1. The van der Waals surface area contributed by atoms with Crippen molar-refractivity contribution in [3.05, 3.63) is 53.1 Å². The summed E-state index contributed by atoms with van der Waals surface area (Å²) in [6, 6.07) is 7.04. The van der Waals surface area contributed by atoms with Gasteiger partial charge in [-0.3, -0.25) is 0 Å². The van der Waals surface area contributed by atoms with Crippen LogP contribution in [-0.4, -0.2) is 27.7 Å². The molecule has 0 atom stereocenters. The van der Waals surface area contributed by atoms with E-state index >= 15 is 0 Å². The Balaban J connectivity index is 1.85. The van der Waals surface area contributed by atoms with Crippen LogP contribution in [0.5, 0.6) is 5.75 Å². The number of halogens is 1. The van der Waals surface area contributed by atoms with Gasteiger partial charge in [-0.15, -0.1) is 0 Å². The van der Waals surface area contributed by atoms with Crippen molar-refractivity contribution >= 4 is 17.6 Å². The summed E-state index contributed by atoms with van der Waals surface area (Å²) < 4.78 is 5.49. The molecule has 19 heavy (non-hydrogen) atoms. The Hall–Kier alpha value is -2.14. The van der Waals surface area contributed by atoms with E-state index in [4.69, 9.17) is 21.4 Å². The van der Waals surface area contributed by atoms with Crippen LogP contribution in [-0.2, 0) is 6.42 Å². The van der Waals surface area contributed by atoms with Crippen molar-refractivity contribution in [1.82, 2.24) is 9.97 Å². The maximum Gasteiger partial charge on any atom is 0.338 e. The van der Waals surface area contributed by atoms with Crippen LogP contribution in [0.4, 0.5) is 0 Å². The first-order valence-electron chi connectivity index (χ1n) is 5.58. The van der Waals surface area contributed by atoms with Crippen molar-refractivity contribution in [2.24, 2.45) is 0 Å². The fourth-order valence-corrected chi connectivity index (χ4v) is 1.51. The molecule has 1 N–H and O–H groups in total. The van der Waals surface area contributed by atoms with Crippen molar-refractivity contribution in [2.45, 2.75) is 6.42 Å². The highest BCUT2D eigenvalue weighted by Crippen LogP contribution is 2.15. The normalized spacial score (nSPS) is 10.2. The summed E-state index contributed by atoms with van der Waals surface area (Å²) in [5.74, 6) is 0.217. The number of hydrogen-bond acceptors (Lipinski definition) is 4. The molecule has 0 amide bonds. The summed E-state index contributed by atoms with van der Waals surface area (Å²) in [7, 11) is 0. The monoisotopic (exact) mass is 278 g/mol. The van der Waals surface area contributed by atoms with E-state index in [1.54, 1.807) is 24.3 Å². The molecule has 2 aromatic rings. The SMILES string of the molecule is O=C(O)c1cnc(CCOc2ccc(Cl)cc2)nc1. The van der Waals surface area contributed by atoms with Crippen molar-refractivity contribution in [2.75, 3.05) is 6.61 Å². The van der Waals surface area contributed by atoms with Crippen LogP contribution in [0.15, 0.2) is 36.7 Å². The van der Waals surface area contributed by atoms with E-state index in [-0.39, 0.29) is 5.56 Å². The molecule has 5 nitrogen and oxygen atoms in total. The van der Waals surface area contributed by atoms with E-state index in [1.807, 2.05) is 0 Å². The van der Waals surface area contributed by atoms with Gasteiger partial charge >= 0.3 is 5.97 Å². The minimum atomic E-state index is -1.04. The second kappa shape index (κ2) is 6.15. The number of aromatic nitrogens is 2. The van der Waals surface area contributed by atoms with Gasteiger partial charge in [0.25, 0.3) is 0 Å². The molecular weight excluding hydrogens is 268 g/mol. The molecule has 1 aromatic carbocycles. The van der Waals surface area contributed by atoms with Crippen LogP contribution >= 0.6 is 11.6 Å². The van der Waals surface area contributed by atoms with E-state index in [0.29, 0.717) is 29.6 Å². The zero-order valence-electron chi connectivity index (χ0n) is 9.91. The first-order chi connectivity index (χ1) is 9.15. The lowest BCUT2D eigenvalue weighted by Gasteiger charge is -2.05. The molecule has 0 saturated heterocycles. The van der Waals surface area contributed by atoms with E-state index in [0.717, 1.165) is 0 Å². The molecule has 1 aromatic heterocycles. The summed E-state index contributed by atoms with van der Waals surface area (Å²) in [4.78, 5) is 18.5. The number of nitrogens with zero attached hydrogens (tertiary/aromatic N) is 2. The van der Waals surface area contributed by atoms with Crippen LogP contribution < -0.4 is 4.74 Å². The average molecular weight is 279 g/mol. The first-order valence-corrected chi connectivity index (χ1v) is 5.95. The van der Waals surface area contributed by atoms with Gasteiger partial charge in [0.05, 0.1) is 12.2 Å². The molecule has 0 bridgehead atoms. The molecule has 6 heteroatoms. The molecule has 98 valence electrons. The van der Waals surface area contributed by atoms with Gasteiger partial charge < -0.3 is 9.84 Å². The molecule has 0 saturated carbocycles. The quantitative estimate of drug-likeness (QED) is 0.909. The van der Waals surface area contributed by atoms with Gasteiger partial charge in [-0.05, 0) is 24.3 Å². The number of rotatable bonds is 5. The lowest BCUT2D eigenvalue weighted by molar-refractivity contribution is 0.0696. The molecule has 0 unspecified atom stereocenters. The number of carboxylic acids is 1. The third-order valence-electron chi connectivity index (χ3n) is 2.36. The Morgan fingerprint density at radius 3 is 2.42 bits per heavy atom. The summed E-state index contributed by atoms with van der Waals surface area (Å²) in [6.07, 6.45) is 3.07. The maximum atomic E-state index is 10.6. The van der Waals surface area contributed by atoms with Crippen LogP contribution in [0.3, 0.4) is 0 Å². The molecular formula is C13H11ClN2O3. The summed E-state index contributed by atoms with van der Waals surface area (Å²) >= 11 is 5.76. The highest BCUT2D eigenvalue weighted by molar-refractivity contribution is 6.30. The van der Waals surface area contributed by atoms with Crippen LogP contribution in [0.1, 0.15) is 16.2 Å². The second-order valence-corrected chi connectivity index (χ2v) is 4.18. The van der Waals surface area contributed by atoms with Crippen molar-refractivity contribution in [1.29, 1.82) is 0 Å². The van der Waals surface area contributed by atoms with E-state index < -0.39 is 5.97 Å². The third kappa shape index (κ3) is 3.93. The lowest BCUT2D eigenvalue weighted by Crippen LogP contribution is -2.06. The Kier molecular flexibility index (Phi) is 4.30. The lowest BCUT2D eigenvalue weighted by atomic mass is 10.3. The second-order valence-electron chi connectivity index (χ2n) is 3.75. The highest BCUT2D eigenvalue weighted by atomic mass is 35.5. The molecule has 0 aliphatic carbocycles. The van der Waals surface area contributed by atoms with Gasteiger partial charge in [-0.1, -0.05) is 11.6 Å². The minimum Gasteiger partial charge on any atom is -0.493 e. The predicted octanol–water partition coefficient (Wildman–Crippen LogP) is 2.45. The first kappa shape index (κ1) is 13.3. The molecule has 1 heterocycles. The average Bonchev–Trinajstić information content (AvgIpc) is 2.41. The van der Waals surface area contributed by atoms with Gasteiger partial charge in [0, 0.05) is 23.8 Å². The zero-order chi connectivity index (χ0) is 13.7. The minimum absolute atomic E-state index is 0.0716. The van der Waals surface area contributed by atoms with Crippen LogP contribution in [0.25, 0.3) is 0 Å². The van der Waals surface area contributed by atoms with Gasteiger partial charge in [0.2, 0.25) is 0 Å². The summed E-state index contributed by atoms with van der Waals surface area (Å²) in [5.41, 5.74) is 0.0716. The molecule has 0 fully saturated rings. The van der Waals surface area contributed by atoms with Gasteiger partial charge in [-0.25, -0.2) is 14.8 Å². The maximum absolute atomic E-state index is 10.6. The summed E-state index contributed by atoms with van der Waals surface area (Å²) in [6.45, 7) is 0.411. The molecule has 2 rings (SSSR count). The molecule has 0 spiro atoms. The Morgan fingerprint density at radius 2 is 1.84 bits per heavy atom. The number of aromatic carboxylic acids is 1. The van der Waals surface area contributed by atoms with Gasteiger partial charge in [0.1, 0.15) is 11.6 Å². The Bertz CT molecular complexity index is 555. The molecule has 0 aliphatic rings. The smallest absolute Gasteiger partial charge is 0.338 e. The number of hydrogen-bond donors (Lipinski definition) is 1. The fraction of sp³-hybridized carbons (Fsp3) is 0.154. The van der Waals surface area contributed by atoms with Crippen LogP contribution in [0.2, 0.25) is 5.02 Å².